The lowest BCUT2D eigenvalue weighted by Crippen LogP contribution is -2.14. The number of hydrogen-bond donors (Lipinski definition) is 0. The summed E-state index contributed by atoms with van der Waals surface area (Å²) in [6.45, 7) is 8.69. The van der Waals surface area contributed by atoms with Gasteiger partial charge in [0.2, 0.25) is 5.95 Å². The maximum atomic E-state index is 5.43. The van der Waals surface area contributed by atoms with Crippen LogP contribution in [0.15, 0.2) is 206 Å². The van der Waals surface area contributed by atoms with Crippen LogP contribution < -0.4 is 0 Å². The summed E-state index contributed by atoms with van der Waals surface area (Å²) < 4.78 is 2.29. The van der Waals surface area contributed by atoms with Crippen LogP contribution in [-0.4, -0.2) is 19.5 Å². The van der Waals surface area contributed by atoms with Gasteiger partial charge in [0.25, 0.3) is 0 Å². The highest BCUT2D eigenvalue weighted by molar-refractivity contribution is 6.23. The molecule has 11 aromatic rings. The van der Waals surface area contributed by atoms with E-state index in [2.05, 4.69) is 213 Å². The second-order valence-corrected chi connectivity index (χ2v) is 16.8. The zero-order valence-corrected chi connectivity index (χ0v) is 36.4. The number of para-hydroxylation sites is 1. The first-order valence-electron chi connectivity index (χ1n) is 22.3. The molecule has 0 radical (unpaired) electrons. The molecule has 9 aromatic carbocycles. The van der Waals surface area contributed by atoms with Crippen LogP contribution in [0.2, 0.25) is 0 Å². The van der Waals surface area contributed by atoms with Gasteiger partial charge >= 0.3 is 0 Å². The molecule has 0 aliphatic heterocycles. The molecule has 0 spiro atoms. The largest absolute Gasteiger partial charge is 0.277 e. The van der Waals surface area contributed by atoms with Crippen LogP contribution in [0.4, 0.5) is 0 Å². The van der Waals surface area contributed by atoms with E-state index in [1.807, 2.05) is 26.0 Å². The van der Waals surface area contributed by atoms with Crippen LogP contribution in [0.5, 0.6) is 0 Å². The van der Waals surface area contributed by atoms with Crippen LogP contribution in [0.25, 0.3) is 106 Å². The number of fused-ring (bicyclic) bond motifs is 8. The summed E-state index contributed by atoms with van der Waals surface area (Å²) in [6.07, 6.45) is 0. The van der Waals surface area contributed by atoms with Gasteiger partial charge < -0.3 is 0 Å². The molecule has 306 valence electrons. The van der Waals surface area contributed by atoms with Gasteiger partial charge in [0.05, 0.1) is 11.0 Å². The molecule has 4 nitrogen and oxygen atoms in total. The minimum absolute atomic E-state index is 0.136. The Kier molecular flexibility index (Phi) is 9.58. The average Bonchev–Trinajstić information content (AvgIpc) is 3.84. The second kappa shape index (κ2) is 15.7. The van der Waals surface area contributed by atoms with Crippen molar-refractivity contribution in [1.29, 1.82) is 0 Å². The Morgan fingerprint density at radius 1 is 0.375 bits per heavy atom. The fourth-order valence-corrected chi connectivity index (χ4v) is 9.85. The molecule has 2 heterocycles. The van der Waals surface area contributed by atoms with Crippen molar-refractivity contribution in [2.75, 3.05) is 0 Å². The highest BCUT2D eigenvalue weighted by Gasteiger charge is 2.37. The predicted octanol–water partition coefficient (Wildman–Crippen LogP) is 15.8. The van der Waals surface area contributed by atoms with Gasteiger partial charge in [-0.15, -0.1) is 0 Å². The number of aromatic nitrogens is 4. The maximum Gasteiger partial charge on any atom is 0.238 e. The number of rotatable bonds is 6. The molecule has 4 heteroatoms. The summed E-state index contributed by atoms with van der Waals surface area (Å²) in [4.78, 5) is 16.1. The van der Waals surface area contributed by atoms with E-state index in [4.69, 9.17) is 15.0 Å². The van der Waals surface area contributed by atoms with E-state index in [0.29, 0.717) is 17.6 Å². The molecule has 12 rings (SSSR count). The quantitative estimate of drug-likeness (QED) is 0.168. The molecule has 0 saturated carbocycles. The molecule has 2 aromatic heterocycles. The average molecular weight is 823 g/mol. The van der Waals surface area contributed by atoms with Crippen molar-refractivity contribution in [2.24, 2.45) is 0 Å². The van der Waals surface area contributed by atoms with Gasteiger partial charge in [0, 0.05) is 32.9 Å². The van der Waals surface area contributed by atoms with Crippen LogP contribution in [-0.2, 0) is 5.41 Å². The van der Waals surface area contributed by atoms with Crippen LogP contribution in [0.1, 0.15) is 38.8 Å². The highest BCUT2D eigenvalue weighted by atomic mass is 15.2. The zero-order chi connectivity index (χ0) is 43.4. The van der Waals surface area contributed by atoms with Crippen molar-refractivity contribution in [1.82, 2.24) is 19.5 Å². The van der Waals surface area contributed by atoms with Gasteiger partial charge in [0.1, 0.15) is 0 Å². The first-order chi connectivity index (χ1) is 31.5. The molecule has 1 aliphatic carbocycles. The lowest BCUT2D eigenvalue weighted by atomic mass is 9.82. The molecule has 0 N–H and O–H groups in total. The Balaban J connectivity index is 0.00000225. The third-order valence-corrected chi connectivity index (χ3v) is 12.9. The van der Waals surface area contributed by atoms with E-state index in [1.54, 1.807) is 0 Å². The Morgan fingerprint density at radius 2 is 0.859 bits per heavy atom. The van der Waals surface area contributed by atoms with E-state index in [9.17, 15) is 0 Å². The summed E-state index contributed by atoms with van der Waals surface area (Å²) in [6, 6.07) is 73.7. The van der Waals surface area contributed by atoms with E-state index in [0.717, 1.165) is 55.4 Å². The van der Waals surface area contributed by atoms with Gasteiger partial charge in [-0.05, 0) is 66.9 Å². The lowest BCUT2D eigenvalue weighted by Gasteiger charge is -2.21. The van der Waals surface area contributed by atoms with Gasteiger partial charge in [-0.2, -0.15) is 9.97 Å². The first-order valence-corrected chi connectivity index (χ1v) is 22.3. The van der Waals surface area contributed by atoms with E-state index >= 15 is 0 Å². The third-order valence-electron chi connectivity index (χ3n) is 12.9. The van der Waals surface area contributed by atoms with Crippen LogP contribution in [0.3, 0.4) is 0 Å². The number of benzene rings is 9. The molecule has 0 saturated heterocycles. The van der Waals surface area contributed by atoms with Gasteiger partial charge in [-0.3, -0.25) is 4.57 Å². The summed E-state index contributed by atoms with van der Waals surface area (Å²) in [5.41, 5.74) is 16.0. The molecule has 0 unspecified atom stereocenters. The Bertz CT molecular complexity index is 3410. The maximum absolute atomic E-state index is 5.43. The van der Waals surface area contributed by atoms with Crippen molar-refractivity contribution in [3.63, 3.8) is 0 Å². The zero-order valence-electron chi connectivity index (χ0n) is 36.4. The fourth-order valence-electron chi connectivity index (χ4n) is 9.85. The highest BCUT2D eigenvalue weighted by Crippen LogP contribution is 2.53. The molecule has 0 atom stereocenters. The summed E-state index contributed by atoms with van der Waals surface area (Å²) in [5, 5.41) is 4.71. The molecule has 0 amide bonds. The Hall–Kier alpha value is -7.95. The minimum atomic E-state index is -0.136. The standard InChI is InChI=1S/C58H40N4.C2H6/c1-58(2)49-25-12-11-21-47(49)52-45(22-14-26-50(52)58)46-23-13-24-48-53-44-20-10-9-19-41(44)35-36-51(53)62(54(46)48)57-60-55(42-31-27-39(28-32-42)37-15-5-3-6-16-37)59-56(61-57)43-33-29-40(30-34-43)38-17-7-4-8-18-38;1-2/h3-36H,1-2H3;1-2H3. The summed E-state index contributed by atoms with van der Waals surface area (Å²) >= 11 is 0. The molecule has 0 bridgehead atoms. The predicted molar refractivity (Wildman–Crippen MR) is 268 cm³/mol. The van der Waals surface area contributed by atoms with E-state index in [1.165, 1.54) is 44.0 Å². The van der Waals surface area contributed by atoms with Crippen molar-refractivity contribution in [3.05, 3.63) is 217 Å². The molecular formula is C60H46N4. The smallest absolute Gasteiger partial charge is 0.238 e. The lowest BCUT2D eigenvalue weighted by molar-refractivity contribution is 0.660. The minimum Gasteiger partial charge on any atom is -0.277 e. The SMILES string of the molecule is CC.CC1(C)c2ccccc2-c2c(-c3cccc4c5c6ccccc6ccc5n(-c5nc(-c6ccc(-c7ccccc7)cc6)nc(-c6ccc(-c7ccccc7)cc6)n5)c34)cccc21. The number of hydrogen-bond acceptors (Lipinski definition) is 3. The van der Waals surface area contributed by atoms with Crippen LogP contribution in [0, 0.1) is 0 Å². The monoisotopic (exact) mass is 822 g/mol. The van der Waals surface area contributed by atoms with Crippen molar-refractivity contribution in [2.45, 2.75) is 33.1 Å². The van der Waals surface area contributed by atoms with Crippen molar-refractivity contribution >= 4 is 32.6 Å². The van der Waals surface area contributed by atoms with E-state index in [-0.39, 0.29) is 5.41 Å². The van der Waals surface area contributed by atoms with Crippen LogP contribution >= 0.6 is 0 Å². The molecule has 1 aliphatic rings. The number of nitrogens with zero attached hydrogens (tertiary/aromatic N) is 4. The molecular weight excluding hydrogens is 777 g/mol. The van der Waals surface area contributed by atoms with Crippen molar-refractivity contribution < 1.29 is 0 Å². The normalized spacial score (nSPS) is 12.5. The molecule has 0 fully saturated rings. The van der Waals surface area contributed by atoms with Crippen molar-refractivity contribution in [3.8, 4) is 73.2 Å². The summed E-state index contributed by atoms with van der Waals surface area (Å²) in [7, 11) is 0. The Labute approximate surface area is 374 Å². The first kappa shape index (κ1) is 38.9. The van der Waals surface area contributed by atoms with Gasteiger partial charge in [-0.25, -0.2) is 4.98 Å². The second-order valence-electron chi connectivity index (χ2n) is 16.8. The topological polar surface area (TPSA) is 43.6 Å². The fraction of sp³-hybridized carbons (Fsp3) is 0.0833. The van der Waals surface area contributed by atoms with E-state index < -0.39 is 0 Å². The van der Waals surface area contributed by atoms with Gasteiger partial charge in [0.15, 0.2) is 11.6 Å². The summed E-state index contributed by atoms with van der Waals surface area (Å²) in [5.74, 6) is 1.79. The third kappa shape index (κ3) is 6.33. The molecule has 64 heavy (non-hydrogen) atoms. The van der Waals surface area contributed by atoms with Gasteiger partial charge in [-0.1, -0.05) is 228 Å². The Morgan fingerprint density at radius 3 is 1.52 bits per heavy atom.